The van der Waals surface area contributed by atoms with Gasteiger partial charge in [-0.15, -0.1) is 0 Å². The number of rotatable bonds is 5. The first kappa shape index (κ1) is 33.2. The Balaban J connectivity index is 1.05. The van der Waals surface area contributed by atoms with Gasteiger partial charge in [0.05, 0.1) is 11.4 Å². The van der Waals surface area contributed by atoms with E-state index in [1.165, 1.54) is 71.4 Å². The summed E-state index contributed by atoms with van der Waals surface area (Å²) in [7, 11) is 0. The monoisotopic (exact) mass is 726 g/mol. The van der Waals surface area contributed by atoms with Gasteiger partial charge in [0.2, 0.25) is 0 Å². The first-order valence-electron chi connectivity index (χ1n) is 19.7. The largest absolute Gasteiger partial charge is 0.228 e. The Kier molecular flexibility index (Phi) is 7.55. The number of hydrogen-bond acceptors (Lipinski definition) is 2. The van der Waals surface area contributed by atoms with Crippen molar-refractivity contribution in [1.29, 1.82) is 0 Å². The molecule has 0 aliphatic heterocycles. The lowest BCUT2D eigenvalue weighted by Gasteiger charge is -2.24. The molecule has 9 aromatic carbocycles. The highest BCUT2D eigenvalue weighted by Gasteiger charge is 2.37. The topological polar surface area (TPSA) is 25.8 Å². The van der Waals surface area contributed by atoms with Crippen LogP contribution in [0, 0.1) is 0 Å². The summed E-state index contributed by atoms with van der Waals surface area (Å²) >= 11 is 0. The number of hydrogen-bond donors (Lipinski definition) is 0. The minimum absolute atomic E-state index is 0.132. The number of fused-ring (bicyclic) bond motifs is 7. The summed E-state index contributed by atoms with van der Waals surface area (Å²) < 4.78 is 0. The molecule has 0 bridgehead atoms. The maximum absolute atomic E-state index is 5.32. The molecule has 10 aromatic rings. The molecule has 0 saturated heterocycles. The van der Waals surface area contributed by atoms with Gasteiger partial charge in [-0.1, -0.05) is 190 Å². The lowest BCUT2D eigenvalue weighted by Crippen LogP contribution is -2.15. The molecule has 1 aliphatic rings. The van der Waals surface area contributed by atoms with Crippen molar-refractivity contribution in [3.63, 3.8) is 0 Å². The van der Waals surface area contributed by atoms with Crippen LogP contribution < -0.4 is 0 Å². The zero-order valence-corrected chi connectivity index (χ0v) is 31.9. The maximum atomic E-state index is 5.32. The van der Waals surface area contributed by atoms with Crippen molar-refractivity contribution in [2.45, 2.75) is 19.3 Å². The van der Waals surface area contributed by atoms with Gasteiger partial charge in [-0.3, -0.25) is 0 Å². The van der Waals surface area contributed by atoms with Crippen molar-refractivity contribution >= 4 is 32.3 Å². The quantitative estimate of drug-likeness (QED) is 0.176. The Morgan fingerprint density at radius 2 is 0.877 bits per heavy atom. The van der Waals surface area contributed by atoms with Crippen LogP contribution in [-0.2, 0) is 5.41 Å². The van der Waals surface area contributed by atoms with E-state index in [2.05, 4.69) is 208 Å². The van der Waals surface area contributed by atoms with E-state index in [0.29, 0.717) is 5.82 Å². The first-order chi connectivity index (χ1) is 28.0. The summed E-state index contributed by atoms with van der Waals surface area (Å²) in [6.07, 6.45) is 0. The fourth-order valence-corrected chi connectivity index (χ4v) is 9.20. The van der Waals surface area contributed by atoms with Crippen LogP contribution in [0.2, 0.25) is 0 Å². The summed E-state index contributed by atoms with van der Waals surface area (Å²) in [5, 5.41) is 7.39. The van der Waals surface area contributed by atoms with Crippen molar-refractivity contribution in [2.24, 2.45) is 0 Å². The van der Waals surface area contributed by atoms with Crippen LogP contribution in [0.25, 0.3) is 99.6 Å². The van der Waals surface area contributed by atoms with Crippen LogP contribution in [-0.4, -0.2) is 9.97 Å². The predicted octanol–water partition coefficient (Wildman–Crippen LogP) is 14.6. The molecule has 0 spiro atoms. The van der Waals surface area contributed by atoms with Crippen LogP contribution in [0.5, 0.6) is 0 Å². The zero-order valence-electron chi connectivity index (χ0n) is 31.9. The maximum Gasteiger partial charge on any atom is 0.160 e. The molecule has 0 atom stereocenters. The Hall–Kier alpha value is -7.16. The highest BCUT2D eigenvalue weighted by molar-refractivity contribution is 6.06. The van der Waals surface area contributed by atoms with Crippen LogP contribution in [0.3, 0.4) is 0 Å². The van der Waals surface area contributed by atoms with E-state index in [-0.39, 0.29) is 5.41 Å². The molecule has 1 aliphatic carbocycles. The Morgan fingerprint density at radius 1 is 0.333 bits per heavy atom. The normalized spacial score (nSPS) is 12.9. The Bertz CT molecular complexity index is 3190. The van der Waals surface area contributed by atoms with Gasteiger partial charge in [0.15, 0.2) is 5.82 Å². The molecule has 0 saturated carbocycles. The second kappa shape index (κ2) is 13.0. The van der Waals surface area contributed by atoms with Crippen molar-refractivity contribution in [2.75, 3.05) is 0 Å². The van der Waals surface area contributed by atoms with Gasteiger partial charge in [0.1, 0.15) is 0 Å². The van der Waals surface area contributed by atoms with E-state index >= 15 is 0 Å². The van der Waals surface area contributed by atoms with Gasteiger partial charge in [0.25, 0.3) is 0 Å². The third kappa shape index (κ3) is 5.48. The second-order valence-corrected chi connectivity index (χ2v) is 15.8. The van der Waals surface area contributed by atoms with E-state index in [9.17, 15) is 0 Å². The third-order valence-corrected chi connectivity index (χ3v) is 12.1. The number of aromatic nitrogens is 2. The fourth-order valence-electron chi connectivity index (χ4n) is 9.20. The highest BCUT2D eigenvalue weighted by atomic mass is 14.9. The number of benzene rings is 9. The predicted molar refractivity (Wildman–Crippen MR) is 239 cm³/mol. The van der Waals surface area contributed by atoms with Crippen molar-refractivity contribution < 1.29 is 0 Å². The minimum atomic E-state index is -0.132. The first-order valence-corrected chi connectivity index (χ1v) is 19.7. The average Bonchev–Trinajstić information content (AvgIpc) is 3.51. The van der Waals surface area contributed by atoms with Crippen LogP contribution in [0.15, 0.2) is 194 Å². The van der Waals surface area contributed by atoms with Crippen molar-refractivity contribution in [3.05, 3.63) is 205 Å². The van der Waals surface area contributed by atoms with Crippen molar-refractivity contribution in [1.82, 2.24) is 9.97 Å². The molecular formula is C55H38N2. The van der Waals surface area contributed by atoms with Gasteiger partial charge < -0.3 is 0 Å². The van der Waals surface area contributed by atoms with Gasteiger partial charge in [0, 0.05) is 22.1 Å². The minimum Gasteiger partial charge on any atom is -0.228 e. The summed E-state index contributed by atoms with van der Waals surface area (Å²) in [5.74, 6) is 0.705. The third-order valence-electron chi connectivity index (χ3n) is 12.1. The molecule has 57 heavy (non-hydrogen) atoms. The van der Waals surface area contributed by atoms with E-state index in [1.807, 2.05) is 0 Å². The van der Waals surface area contributed by atoms with E-state index in [4.69, 9.17) is 9.97 Å². The Morgan fingerprint density at radius 3 is 1.68 bits per heavy atom. The second-order valence-electron chi connectivity index (χ2n) is 15.8. The fraction of sp³-hybridized carbons (Fsp3) is 0.0545. The van der Waals surface area contributed by atoms with Crippen molar-refractivity contribution in [3.8, 4) is 67.3 Å². The van der Waals surface area contributed by atoms with E-state index < -0.39 is 0 Å². The molecular weight excluding hydrogens is 689 g/mol. The highest BCUT2D eigenvalue weighted by Crippen LogP contribution is 2.52. The van der Waals surface area contributed by atoms with Gasteiger partial charge in [-0.2, -0.15) is 0 Å². The molecule has 0 unspecified atom stereocenters. The Labute approximate surface area is 332 Å². The molecule has 2 nitrogen and oxygen atoms in total. The summed E-state index contributed by atoms with van der Waals surface area (Å²) in [4.78, 5) is 10.5. The summed E-state index contributed by atoms with van der Waals surface area (Å²) in [6, 6.07) is 70.1. The SMILES string of the molecule is CC1(C)c2cc(-c3ccc(-c4cc(-c5ccc6ccccc6c5)nc(-c5ccc(-c6ccccc6)cc5)n4)c4ccccc34)ccc2-c2ccc3ccccc3c21. The van der Waals surface area contributed by atoms with Crippen LogP contribution in [0.1, 0.15) is 25.0 Å². The van der Waals surface area contributed by atoms with Gasteiger partial charge in [-0.25, -0.2) is 9.97 Å². The lowest BCUT2D eigenvalue weighted by molar-refractivity contribution is 0.666. The summed E-state index contributed by atoms with van der Waals surface area (Å²) in [6.45, 7) is 4.76. The molecule has 1 heterocycles. The van der Waals surface area contributed by atoms with E-state index in [1.54, 1.807) is 0 Å². The molecule has 0 amide bonds. The van der Waals surface area contributed by atoms with Crippen LogP contribution >= 0.6 is 0 Å². The molecule has 268 valence electrons. The molecule has 0 N–H and O–H groups in total. The molecule has 11 rings (SSSR count). The lowest BCUT2D eigenvalue weighted by atomic mass is 9.79. The standard InChI is InChI=1S/C55H38N2/c1-55(2)50-33-41(27-28-47(50)49-29-26-38-15-8-9-17-44(38)53(49)55)43-30-31-48(46-19-11-10-18-45(43)46)52-34-51(42-25-22-36-14-6-7-16-40(36)32-42)56-54(57-52)39-23-20-37(21-24-39)35-12-4-3-5-13-35/h3-34H,1-2H3. The molecule has 0 fully saturated rings. The van der Waals surface area contributed by atoms with Crippen LogP contribution in [0.4, 0.5) is 0 Å². The molecule has 2 heteroatoms. The number of nitrogens with zero attached hydrogens (tertiary/aromatic N) is 2. The molecule has 0 radical (unpaired) electrons. The van der Waals surface area contributed by atoms with E-state index in [0.717, 1.165) is 33.5 Å². The smallest absolute Gasteiger partial charge is 0.160 e. The molecule has 1 aromatic heterocycles. The zero-order chi connectivity index (χ0) is 38.1. The summed E-state index contributed by atoms with van der Waals surface area (Å²) in [5.41, 5.74) is 15.1. The van der Waals surface area contributed by atoms with Gasteiger partial charge in [-0.05, 0) is 95.0 Å². The average molecular weight is 727 g/mol. The van der Waals surface area contributed by atoms with Gasteiger partial charge >= 0.3 is 0 Å².